The molecule has 0 aliphatic carbocycles. The second-order valence-corrected chi connectivity index (χ2v) is 6.76. The molecule has 1 N–H and O–H groups in total. The lowest BCUT2D eigenvalue weighted by molar-refractivity contribution is 0.0901. The van der Waals surface area contributed by atoms with Gasteiger partial charge < -0.3 is 9.32 Å². The Hall–Kier alpha value is -0.850. The van der Waals surface area contributed by atoms with Gasteiger partial charge in [-0.3, -0.25) is 0 Å². The van der Waals surface area contributed by atoms with E-state index >= 15 is 0 Å². The average Bonchev–Trinajstić information content (AvgIpc) is 3.09. The fraction of sp³-hybridized carbons (Fsp3) is 0.429. The Kier molecular flexibility index (Phi) is 4.43. The number of hydrogen-bond acceptors (Lipinski definition) is 5. The van der Waals surface area contributed by atoms with Crippen molar-refractivity contribution in [1.29, 1.82) is 0 Å². The van der Waals surface area contributed by atoms with Crippen LogP contribution in [0.5, 0.6) is 0 Å². The number of likely N-dealkylation sites (N-methyl/N-ethyl adjacent to an activating group) is 1. The SMILES string of the molecule is CN1CCN(NC(c2ccco2)c2ccc(Cl)s2)CC1. The molecule has 1 aliphatic heterocycles. The first-order valence-electron chi connectivity index (χ1n) is 6.70. The summed E-state index contributed by atoms with van der Waals surface area (Å²) in [7, 11) is 2.15. The van der Waals surface area contributed by atoms with Crippen LogP contribution >= 0.6 is 22.9 Å². The Morgan fingerprint density at radius 1 is 1.25 bits per heavy atom. The molecule has 3 rings (SSSR count). The molecule has 0 radical (unpaired) electrons. The van der Waals surface area contributed by atoms with Gasteiger partial charge in [0, 0.05) is 31.1 Å². The van der Waals surface area contributed by atoms with Crippen molar-refractivity contribution in [3.8, 4) is 0 Å². The summed E-state index contributed by atoms with van der Waals surface area (Å²) in [4.78, 5) is 3.51. The molecule has 1 aliphatic rings. The molecule has 108 valence electrons. The summed E-state index contributed by atoms with van der Waals surface area (Å²) in [5.41, 5.74) is 3.57. The molecule has 0 saturated carbocycles. The molecular formula is C14H18ClN3OS. The highest BCUT2D eigenvalue weighted by Crippen LogP contribution is 2.31. The van der Waals surface area contributed by atoms with E-state index in [0.29, 0.717) is 0 Å². The lowest BCUT2D eigenvalue weighted by Crippen LogP contribution is -2.51. The van der Waals surface area contributed by atoms with E-state index in [-0.39, 0.29) is 6.04 Å². The second kappa shape index (κ2) is 6.28. The number of piperazine rings is 1. The molecular weight excluding hydrogens is 294 g/mol. The van der Waals surface area contributed by atoms with Crippen LogP contribution in [0, 0.1) is 0 Å². The maximum atomic E-state index is 6.07. The Balaban J connectivity index is 1.76. The number of thiophene rings is 1. The van der Waals surface area contributed by atoms with Crippen molar-refractivity contribution in [2.75, 3.05) is 33.2 Å². The van der Waals surface area contributed by atoms with Gasteiger partial charge in [-0.1, -0.05) is 11.6 Å². The fourth-order valence-corrected chi connectivity index (χ4v) is 3.44. The van der Waals surface area contributed by atoms with Gasteiger partial charge in [0.25, 0.3) is 0 Å². The number of hydrogen-bond donors (Lipinski definition) is 1. The molecule has 2 aromatic rings. The summed E-state index contributed by atoms with van der Waals surface area (Å²) in [6.07, 6.45) is 1.71. The van der Waals surface area contributed by atoms with E-state index in [4.69, 9.17) is 16.0 Å². The quantitative estimate of drug-likeness (QED) is 0.941. The average molecular weight is 312 g/mol. The first-order valence-corrected chi connectivity index (χ1v) is 7.90. The minimum atomic E-state index is 0.0332. The van der Waals surface area contributed by atoms with Crippen LogP contribution in [0.15, 0.2) is 34.9 Å². The van der Waals surface area contributed by atoms with Crippen LogP contribution in [0.25, 0.3) is 0 Å². The smallest absolute Gasteiger partial charge is 0.127 e. The van der Waals surface area contributed by atoms with Gasteiger partial charge in [-0.25, -0.2) is 10.4 Å². The summed E-state index contributed by atoms with van der Waals surface area (Å²) in [6.45, 7) is 4.16. The second-order valence-electron chi connectivity index (χ2n) is 5.01. The minimum absolute atomic E-state index is 0.0332. The largest absolute Gasteiger partial charge is 0.467 e. The summed E-state index contributed by atoms with van der Waals surface area (Å²) in [5.74, 6) is 0.919. The molecule has 2 aromatic heterocycles. The molecule has 0 spiro atoms. The zero-order chi connectivity index (χ0) is 13.9. The monoisotopic (exact) mass is 311 g/mol. The van der Waals surface area contributed by atoms with Crippen LogP contribution < -0.4 is 5.43 Å². The molecule has 3 heterocycles. The van der Waals surface area contributed by atoms with E-state index < -0.39 is 0 Å². The van der Waals surface area contributed by atoms with Gasteiger partial charge >= 0.3 is 0 Å². The number of rotatable bonds is 4. The maximum Gasteiger partial charge on any atom is 0.127 e. The number of nitrogens with zero attached hydrogens (tertiary/aromatic N) is 2. The number of nitrogens with one attached hydrogen (secondary N) is 1. The van der Waals surface area contributed by atoms with Gasteiger partial charge in [0.1, 0.15) is 11.8 Å². The van der Waals surface area contributed by atoms with E-state index in [9.17, 15) is 0 Å². The molecule has 1 fully saturated rings. The third-order valence-electron chi connectivity index (χ3n) is 3.52. The minimum Gasteiger partial charge on any atom is -0.467 e. The third kappa shape index (κ3) is 3.24. The Labute approximate surface area is 127 Å². The first-order chi connectivity index (χ1) is 9.72. The van der Waals surface area contributed by atoms with Crippen LogP contribution in [0.4, 0.5) is 0 Å². The normalized spacial score (nSPS) is 19.3. The summed E-state index contributed by atoms with van der Waals surface area (Å²) in [6, 6.07) is 7.95. The highest BCUT2D eigenvalue weighted by atomic mass is 35.5. The Morgan fingerprint density at radius 2 is 2.05 bits per heavy atom. The maximum absolute atomic E-state index is 6.07. The molecule has 1 unspecified atom stereocenters. The van der Waals surface area contributed by atoms with Crippen molar-refractivity contribution in [3.63, 3.8) is 0 Å². The van der Waals surface area contributed by atoms with Crippen molar-refractivity contribution in [1.82, 2.24) is 15.3 Å². The van der Waals surface area contributed by atoms with Crippen LogP contribution in [0.1, 0.15) is 16.7 Å². The Bertz CT molecular complexity index is 534. The van der Waals surface area contributed by atoms with Crippen LogP contribution in [0.3, 0.4) is 0 Å². The highest BCUT2D eigenvalue weighted by molar-refractivity contribution is 7.16. The van der Waals surface area contributed by atoms with Crippen LogP contribution in [-0.4, -0.2) is 43.1 Å². The van der Waals surface area contributed by atoms with Crippen molar-refractivity contribution in [3.05, 3.63) is 45.5 Å². The van der Waals surface area contributed by atoms with E-state index in [2.05, 4.69) is 28.4 Å². The molecule has 1 atom stereocenters. The molecule has 0 aromatic carbocycles. The van der Waals surface area contributed by atoms with Crippen LogP contribution in [0.2, 0.25) is 4.34 Å². The van der Waals surface area contributed by atoms with Gasteiger partial charge in [-0.15, -0.1) is 11.3 Å². The lowest BCUT2D eigenvalue weighted by atomic mass is 10.2. The molecule has 20 heavy (non-hydrogen) atoms. The van der Waals surface area contributed by atoms with Crippen molar-refractivity contribution in [2.45, 2.75) is 6.04 Å². The highest BCUT2D eigenvalue weighted by Gasteiger charge is 2.23. The van der Waals surface area contributed by atoms with E-state index in [0.717, 1.165) is 36.3 Å². The van der Waals surface area contributed by atoms with Crippen molar-refractivity contribution >= 4 is 22.9 Å². The topological polar surface area (TPSA) is 31.6 Å². The number of halogens is 1. The molecule has 0 bridgehead atoms. The molecule has 1 saturated heterocycles. The third-order valence-corrected chi connectivity index (χ3v) is 4.82. The van der Waals surface area contributed by atoms with Gasteiger partial charge in [-0.2, -0.15) is 0 Å². The van der Waals surface area contributed by atoms with Gasteiger partial charge in [0.15, 0.2) is 0 Å². The number of furan rings is 1. The van der Waals surface area contributed by atoms with E-state index in [1.807, 2.05) is 18.2 Å². The number of hydrazine groups is 1. The summed E-state index contributed by atoms with van der Waals surface area (Å²) >= 11 is 7.66. The van der Waals surface area contributed by atoms with Gasteiger partial charge in [0.2, 0.25) is 0 Å². The van der Waals surface area contributed by atoms with Crippen LogP contribution in [-0.2, 0) is 0 Å². The predicted molar refractivity (Wildman–Crippen MR) is 82.1 cm³/mol. The standard InChI is InChI=1S/C14H18ClN3OS/c1-17-6-8-18(9-7-17)16-14(11-3-2-10-19-11)12-4-5-13(15)20-12/h2-5,10,14,16H,6-9H2,1H3. The van der Waals surface area contributed by atoms with Gasteiger partial charge in [-0.05, 0) is 31.3 Å². The summed E-state index contributed by atoms with van der Waals surface area (Å²) in [5, 5.41) is 2.26. The van der Waals surface area contributed by atoms with E-state index in [1.165, 1.54) is 4.88 Å². The zero-order valence-corrected chi connectivity index (χ0v) is 13.0. The summed E-state index contributed by atoms with van der Waals surface area (Å²) < 4.78 is 6.39. The molecule has 6 heteroatoms. The molecule has 0 amide bonds. The first kappa shape index (κ1) is 14.1. The van der Waals surface area contributed by atoms with E-state index in [1.54, 1.807) is 17.6 Å². The zero-order valence-electron chi connectivity index (χ0n) is 11.4. The van der Waals surface area contributed by atoms with Crippen molar-refractivity contribution < 1.29 is 4.42 Å². The predicted octanol–water partition coefficient (Wildman–Crippen LogP) is 2.84. The fourth-order valence-electron chi connectivity index (χ4n) is 2.32. The van der Waals surface area contributed by atoms with Crippen molar-refractivity contribution in [2.24, 2.45) is 0 Å². The Morgan fingerprint density at radius 3 is 2.65 bits per heavy atom. The molecule has 4 nitrogen and oxygen atoms in total. The lowest BCUT2D eigenvalue weighted by Gasteiger charge is -2.34. The van der Waals surface area contributed by atoms with Gasteiger partial charge in [0.05, 0.1) is 10.6 Å².